The van der Waals surface area contributed by atoms with Crippen molar-refractivity contribution in [1.29, 1.82) is 0 Å². The van der Waals surface area contributed by atoms with Crippen molar-refractivity contribution in [2.75, 3.05) is 18.0 Å². The first kappa shape index (κ1) is 11.0. The molecule has 1 saturated heterocycles. The Kier molecular flexibility index (Phi) is 2.76. The van der Waals surface area contributed by atoms with Crippen LogP contribution in [0.2, 0.25) is 0 Å². The molecule has 0 spiro atoms. The van der Waals surface area contributed by atoms with E-state index in [0.717, 1.165) is 25.3 Å². The lowest BCUT2D eigenvalue weighted by atomic mass is 10.0. The fraction of sp³-hybridized carbons (Fsp3) is 0.462. The zero-order valence-corrected chi connectivity index (χ0v) is 10.7. The van der Waals surface area contributed by atoms with Crippen LogP contribution in [0.1, 0.15) is 13.3 Å². The maximum atomic E-state index is 9.65. The topological polar surface area (TPSA) is 36.4 Å². The first-order chi connectivity index (χ1) is 8.25. The van der Waals surface area contributed by atoms with Gasteiger partial charge in [-0.2, -0.15) is 0 Å². The Hall–Kier alpha value is -1.13. The SMILES string of the molecule is CC(O)C1CCN(c2nccc3sccc23)C1. The Labute approximate surface area is 105 Å². The summed E-state index contributed by atoms with van der Waals surface area (Å²) in [7, 11) is 0. The second kappa shape index (κ2) is 4.27. The van der Waals surface area contributed by atoms with Gasteiger partial charge in [-0.25, -0.2) is 4.98 Å². The summed E-state index contributed by atoms with van der Waals surface area (Å²) in [6, 6.07) is 4.20. The molecule has 17 heavy (non-hydrogen) atoms. The van der Waals surface area contributed by atoms with Crippen molar-refractivity contribution in [3.63, 3.8) is 0 Å². The molecule has 3 heterocycles. The van der Waals surface area contributed by atoms with E-state index in [9.17, 15) is 5.11 Å². The van der Waals surface area contributed by atoms with E-state index in [-0.39, 0.29) is 6.10 Å². The Morgan fingerprint density at radius 3 is 3.18 bits per heavy atom. The third kappa shape index (κ3) is 1.91. The highest BCUT2D eigenvalue weighted by atomic mass is 32.1. The molecule has 0 aromatic carbocycles. The molecule has 0 saturated carbocycles. The van der Waals surface area contributed by atoms with Crippen LogP contribution in [0.5, 0.6) is 0 Å². The number of hydrogen-bond donors (Lipinski definition) is 1. The summed E-state index contributed by atoms with van der Waals surface area (Å²) in [6.07, 6.45) is 2.71. The Balaban J connectivity index is 1.92. The smallest absolute Gasteiger partial charge is 0.137 e. The fourth-order valence-corrected chi connectivity index (χ4v) is 3.28. The van der Waals surface area contributed by atoms with Gasteiger partial charge in [0.25, 0.3) is 0 Å². The molecule has 0 amide bonds. The molecule has 1 aliphatic heterocycles. The molecule has 2 unspecified atom stereocenters. The average Bonchev–Trinajstić information content (AvgIpc) is 2.97. The number of pyridine rings is 1. The molecule has 3 nitrogen and oxygen atoms in total. The summed E-state index contributed by atoms with van der Waals surface area (Å²) in [4.78, 5) is 6.80. The predicted octanol–water partition coefficient (Wildman–Crippen LogP) is 2.50. The van der Waals surface area contributed by atoms with Crippen molar-refractivity contribution in [2.24, 2.45) is 5.92 Å². The van der Waals surface area contributed by atoms with Crippen LogP contribution < -0.4 is 4.90 Å². The van der Waals surface area contributed by atoms with Gasteiger partial charge in [0.05, 0.1) is 6.10 Å². The standard InChI is InChI=1S/C13H16N2OS/c1-9(16)10-3-6-15(8-10)13-11-4-7-17-12(11)2-5-14-13/h2,4-5,7,9-10,16H,3,6,8H2,1H3. The quantitative estimate of drug-likeness (QED) is 0.887. The summed E-state index contributed by atoms with van der Waals surface area (Å²) in [5.74, 6) is 1.46. The first-order valence-electron chi connectivity index (χ1n) is 6.01. The Morgan fingerprint density at radius 1 is 1.53 bits per heavy atom. The van der Waals surface area contributed by atoms with Gasteiger partial charge in [-0.3, -0.25) is 0 Å². The third-order valence-corrected chi connectivity index (χ3v) is 4.45. The minimum atomic E-state index is -0.221. The summed E-state index contributed by atoms with van der Waals surface area (Å²) in [5, 5.41) is 13.0. The van der Waals surface area contributed by atoms with Crippen LogP contribution in [0.15, 0.2) is 23.7 Å². The average molecular weight is 248 g/mol. The molecular formula is C13H16N2OS. The van der Waals surface area contributed by atoms with E-state index in [0.29, 0.717) is 5.92 Å². The van der Waals surface area contributed by atoms with E-state index in [1.807, 2.05) is 13.1 Å². The number of aliphatic hydroxyl groups excluding tert-OH is 1. The number of aliphatic hydroxyl groups is 1. The minimum absolute atomic E-state index is 0.221. The molecule has 1 fully saturated rings. The van der Waals surface area contributed by atoms with Crippen LogP contribution in [0.3, 0.4) is 0 Å². The fourth-order valence-electron chi connectivity index (χ4n) is 2.51. The maximum absolute atomic E-state index is 9.65. The molecule has 0 bridgehead atoms. The lowest BCUT2D eigenvalue weighted by molar-refractivity contribution is 0.136. The zero-order chi connectivity index (χ0) is 11.8. The van der Waals surface area contributed by atoms with Crippen molar-refractivity contribution in [1.82, 2.24) is 4.98 Å². The van der Waals surface area contributed by atoms with Crippen molar-refractivity contribution in [3.8, 4) is 0 Å². The highest BCUT2D eigenvalue weighted by Gasteiger charge is 2.27. The summed E-state index contributed by atoms with van der Waals surface area (Å²) >= 11 is 1.75. The summed E-state index contributed by atoms with van der Waals surface area (Å²) in [6.45, 7) is 3.80. The number of rotatable bonds is 2. The molecule has 4 heteroatoms. The van der Waals surface area contributed by atoms with E-state index in [1.54, 1.807) is 11.3 Å². The van der Waals surface area contributed by atoms with Crippen molar-refractivity contribution in [3.05, 3.63) is 23.7 Å². The molecule has 2 aromatic heterocycles. The second-order valence-corrected chi connectivity index (χ2v) is 5.65. The van der Waals surface area contributed by atoms with Gasteiger partial charge in [-0.1, -0.05) is 0 Å². The van der Waals surface area contributed by atoms with E-state index < -0.39 is 0 Å². The van der Waals surface area contributed by atoms with Crippen LogP contribution >= 0.6 is 11.3 Å². The van der Waals surface area contributed by atoms with Gasteiger partial charge in [0.2, 0.25) is 0 Å². The molecular weight excluding hydrogens is 232 g/mol. The molecule has 1 N–H and O–H groups in total. The highest BCUT2D eigenvalue weighted by Crippen LogP contribution is 2.32. The van der Waals surface area contributed by atoms with Gasteiger partial charge in [0, 0.05) is 35.3 Å². The molecule has 0 radical (unpaired) electrons. The van der Waals surface area contributed by atoms with Gasteiger partial charge < -0.3 is 10.0 Å². The highest BCUT2D eigenvalue weighted by molar-refractivity contribution is 7.17. The number of thiophene rings is 1. The van der Waals surface area contributed by atoms with Crippen LogP contribution in [0.25, 0.3) is 10.1 Å². The van der Waals surface area contributed by atoms with E-state index in [2.05, 4.69) is 27.4 Å². The number of anilines is 1. The Morgan fingerprint density at radius 2 is 2.41 bits per heavy atom. The van der Waals surface area contributed by atoms with Crippen LogP contribution in [-0.2, 0) is 0 Å². The van der Waals surface area contributed by atoms with Gasteiger partial charge in [-0.05, 0) is 30.9 Å². The molecule has 90 valence electrons. The van der Waals surface area contributed by atoms with Crippen molar-refractivity contribution in [2.45, 2.75) is 19.4 Å². The monoisotopic (exact) mass is 248 g/mol. The second-order valence-electron chi connectivity index (χ2n) is 4.70. The largest absolute Gasteiger partial charge is 0.393 e. The van der Waals surface area contributed by atoms with Crippen molar-refractivity contribution >= 4 is 27.2 Å². The number of aromatic nitrogens is 1. The van der Waals surface area contributed by atoms with Gasteiger partial charge in [0.15, 0.2) is 0 Å². The minimum Gasteiger partial charge on any atom is -0.393 e. The maximum Gasteiger partial charge on any atom is 0.137 e. The van der Waals surface area contributed by atoms with E-state index in [1.165, 1.54) is 10.1 Å². The molecule has 2 atom stereocenters. The number of fused-ring (bicyclic) bond motifs is 1. The van der Waals surface area contributed by atoms with Gasteiger partial charge in [-0.15, -0.1) is 11.3 Å². The molecule has 3 rings (SSSR count). The van der Waals surface area contributed by atoms with Gasteiger partial charge in [0.1, 0.15) is 5.82 Å². The molecule has 2 aromatic rings. The molecule has 0 aliphatic carbocycles. The van der Waals surface area contributed by atoms with Crippen LogP contribution in [-0.4, -0.2) is 29.3 Å². The lowest BCUT2D eigenvalue weighted by Crippen LogP contribution is -2.24. The normalized spacial score (nSPS) is 22.2. The van der Waals surface area contributed by atoms with Crippen LogP contribution in [0.4, 0.5) is 5.82 Å². The summed E-state index contributed by atoms with van der Waals surface area (Å²) in [5.41, 5.74) is 0. The lowest BCUT2D eigenvalue weighted by Gasteiger charge is -2.19. The number of nitrogens with zero attached hydrogens (tertiary/aromatic N) is 2. The third-order valence-electron chi connectivity index (χ3n) is 3.57. The first-order valence-corrected chi connectivity index (χ1v) is 6.89. The molecule has 1 aliphatic rings. The summed E-state index contributed by atoms with van der Waals surface area (Å²) < 4.78 is 1.29. The zero-order valence-electron chi connectivity index (χ0n) is 9.84. The number of hydrogen-bond acceptors (Lipinski definition) is 4. The predicted molar refractivity (Wildman–Crippen MR) is 71.6 cm³/mol. The van der Waals surface area contributed by atoms with Gasteiger partial charge >= 0.3 is 0 Å². The van der Waals surface area contributed by atoms with E-state index >= 15 is 0 Å². The van der Waals surface area contributed by atoms with Crippen molar-refractivity contribution < 1.29 is 5.11 Å². The Bertz CT molecular complexity index is 523. The van der Waals surface area contributed by atoms with Crippen LogP contribution in [0, 0.1) is 5.92 Å². The van der Waals surface area contributed by atoms with E-state index in [4.69, 9.17) is 0 Å².